The second-order valence-electron chi connectivity index (χ2n) is 11.9. The van der Waals surface area contributed by atoms with Gasteiger partial charge >= 0.3 is 0 Å². The van der Waals surface area contributed by atoms with Gasteiger partial charge in [-0.1, -0.05) is 36.4 Å². The molecule has 4 aromatic rings. The third kappa shape index (κ3) is 8.59. The molecular formula is C33H42N6O3S. The highest BCUT2D eigenvalue weighted by Gasteiger charge is 2.24. The molecule has 228 valence electrons. The molecule has 10 heteroatoms. The maximum atomic E-state index is 13.4. The molecule has 2 aromatic heterocycles. The predicted octanol–water partition coefficient (Wildman–Crippen LogP) is 4.48. The van der Waals surface area contributed by atoms with E-state index in [1.54, 1.807) is 36.2 Å². The number of thiazole rings is 1. The first-order chi connectivity index (χ1) is 20.4. The van der Waals surface area contributed by atoms with E-state index in [-0.39, 0.29) is 23.9 Å². The SMILES string of the molecule is Cc1csc(CN(C)C(=O)c2cccc(C(=O)N[C@@H](Cc3ccccc3)[C@H](O)CNCc3cnn(C(C)(C)C)c3C)c2)n1. The monoisotopic (exact) mass is 602 g/mol. The van der Waals surface area contributed by atoms with E-state index in [2.05, 4.69) is 41.5 Å². The third-order valence-corrected chi connectivity index (χ3v) is 8.20. The van der Waals surface area contributed by atoms with Crippen molar-refractivity contribution < 1.29 is 14.7 Å². The number of nitrogens with one attached hydrogen (secondary N) is 2. The number of benzene rings is 2. The van der Waals surface area contributed by atoms with E-state index in [1.807, 2.05) is 60.4 Å². The van der Waals surface area contributed by atoms with Crippen molar-refractivity contribution in [1.82, 2.24) is 30.3 Å². The fourth-order valence-corrected chi connectivity index (χ4v) is 5.78. The Labute approximate surface area is 258 Å². The van der Waals surface area contributed by atoms with Crippen LogP contribution in [-0.2, 0) is 25.0 Å². The number of rotatable bonds is 12. The second-order valence-corrected chi connectivity index (χ2v) is 12.9. The quantitative estimate of drug-likeness (QED) is 0.221. The van der Waals surface area contributed by atoms with Crippen molar-refractivity contribution >= 4 is 23.2 Å². The molecule has 0 aliphatic rings. The van der Waals surface area contributed by atoms with Gasteiger partial charge < -0.3 is 20.6 Å². The molecule has 0 unspecified atom stereocenters. The zero-order valence-electron chi connectivity index (χ0n) is 25.8. The average molecular weight is 603 g/mol. The van der Waals surface area contributed by atoms with Crippen molar-refractivity contribution in [1.29, 1.82) is 0 Å². The van der Waals surface area contributed by atoms with Gasteiger partial charge in [0.15, 0.2) is 0 Å². The zero-order chi connectivity index (χ0) is 31.1. The van der Waals surface area contributed by atoms with Crippen LogP contribution in [0.2, 0.25) is 0 Å². The van der Waals surface area contributed by atoms with Crippen LogP contribution in [-0.4, -0.2) is 62.3 Å². The van der Waals surface area contributed by atoms with Crippen LogP contribution in [0.3, 0.4) is 0 Å². The minimum absolute atomic E-state index is 0.120. The fraction of sp³-hybridized carbons (Fsp3) is 0.394. The molecule has 0 bridgehead atoms. The lowest BCUT2D eigenvalue weighted by molar-refractivity contribution is 0.0784. The van der Waals surface area contributed by atoms with Crippen LogP contribution in [0, 0.1) is 13.8 Å². The topological polar surface area (TPSA) is 112 Å². The Morgan fingerprint density at radius 2 is 1.79 bits per heavy atom. The summed E-state index contributed by atoms with van der Waals surface area (Å²) < 4.78 is 2.00. The molecule has 43 heavy (non-hydrogen) atoms. The standard InChI is InChI=1S/C33H42N6O3S/c1-22-21-43-30(36-22)20-38(6)32(42)26-14-10-13-25(16-26)31(41)37-28(15-24-11-8-7-9-12-24)29(40)19-34-17-27-18-35-39(23(27)2)33(3,4)5/h7-14,16,18,21,28-29,34,40H,15,17,19-20H2,1-6H3,(H,37,41)/t28-,29+/m0/s1. The maximum Gasteiger partial charge on any atom is 0.253 e. The molecule has 0 saturated carbocycles. The number of aryl methyl sites for hydroxylation is 1. The van der Waals surface area contributed by atoms with E-state index in [1.165, 1.54) is 11.3 Å². The number of aromatic nitrogens is 3. The molecule has 0 spiro atoms. The molecule has 2 heterocycles. The van der Waals surface area contributed by atoms with Gasteiger partial charge in [0, 0.05) is 53.6 Å². The van der Waals surface area contributed by atoms with Gasteiger partial charge in [0.05, 0.1) is 30.4 Å². The highest BCUT2D eigenvalue weighted by Crippen LogP contribution is 2.19. The number of hydrogen-bond acceptors (Lipinski definition) is 7. The normalized spacial score (nSPS) is 13.0. The molecule has 0 saturated heterocycles. The van der Waals surface area contributed by atoms with Crippen molar-refractivity contribution in [3.63, 3.8) is 0 Å². The van der Waals surface area contributed by atoms with Crippen LogP contribution in [0.5, 0.6) is 0 Å². The molecular weight excluding hydrogens is 560 g/mol. The van der Waals surface area contributed by atoms with Crippen molar-refractivity contribution in [2.75, 3.05) is 13.6 Å². The van der Waals surface area contributed by atoms with Crippen LogP contribution in [0.4, 0.5) is 0 Å². The van der Waals surface area contributed by atoms with E-state index in [0.29, 0.717) is 30.6 Å². The Balaban J connectivity index is 1.43. The average Bonchev–Trinajstić information content (AvgIpc) is 3.56. The summed E-state index contributed by atoms with van der Waals surface area (Å²) >= 11 is 1.51. The van der Waals surface area contributed by atoms with Crippen LogP contribution >= 0.6 is 11.3 Å². The Kier molecular flexibility index (Phi) is 10.5. The van der Waals surface area contributed by atoms with Crippen molar-refractivity contribution in [2.24, 2.45) is 0 Å². The van der Waals surface area contributed by atoms with Gasteiger partial charge in [-0.2, -0.15) is 5.10 Å². The van der Waals surface area contributed by atoms with E-state index in [4.69, 9.17) is 0 Å². The Hall–Kier alpha value is -3.86. The summed E-state index contributed by atoms with van der Waals surface area (Å²) in [5.41, 5.74) is 4.70. The van der Waals surface area contributed by atoms with Crippen LogP contribution in [0.15, 0.2) is 66.2 Å². The molecule has 0 radical (unpaired) electrons. The smallest absolute Gasteiger partial charge is 0.253 e. The lowest BCUT2D eigenvalue weighted by Gasteiger charge is -2.25. The van der Waals surface area contributed by atoms with Gasteiger partial charge in [0.1, 0.15) is 5.01 Å². The predicted molar refractivity (Wildman–Crippen MR) is 170 cm³/mol. The van der Waals surface area contributed by atoms with Crippen LogP contribution in [0.25, 0.3) is 0 Å². The molecule has 3 N–H and O–H groups in total. The summed E-state index contributed by atoms with van der Waals surface area (Å²) in [6, 6.07) is 15.9. The fourth-order valence-electron chi connectivity index (χ4n) is 4.96. The summed E-state index contributed by atoms with van der Waals surface area (Å²) in [5, 5.41) is 24.9. The molecule has 0 aliphatic carbocycles. The first-order valence-electron chi connectivity index (χ1n) is 14.5. The summed E-state index contributed by atoms with van der Waals surface area (Å²) in [5.74, 6) is -0.548. The number of hydrogen-bond donors (Lipinski definition) is 3. The second kappa shape index (κ2) is 14.1. The van der Waals surface area contributed by atoms with Crippen LogP contribution in [0.1, 0.15) is 69.0 Å². The van der Waals surface area contributed by atoms with Crippen molar-refractivity contribution in [3.8, 4) is 0 Å². The Morgan fingerprint density at radius 3 is 2.44 bits per heavy atom. The molecule has 9 nitrogen and oxygen atoms in total. The lowest BCUT2D eigenvalue weighted by Crippen LogP contribution is -2.48. The van der Waals surface area contributed by atoms with Gasteiger partial charge in [-0.15, -0.1) is 11.3 Å². The maximum absolute atomic E-state index is 13.4. The van der Waals surface area contributed by atoms with E-state index >= 15 is 0 Å². The Bertz CT molecular complexity index is 1520. The number of amides is 2. The largest absolute Gasteiger partial charge is 0.390 e. The zero-order valence-corrected chi connectivity index (χ0v) is 26.6. The molecule has 2 aromatic carbocycles. The summed E-state index contributed by atoms with van der Waals surface area (Å²) in [6.45, 7) is 11.5. The third-order valence-electron chi connectivity index (χ3n) is 7.25. The highest BCUT2D eigenvalue weighted by atomic mass is 32.1. The van der Waals surface area contributed by atoms with Crippen molar-refractivity contribution in [3.05, 3.63) is 105 Å². The first kappa shape index (κ1) is 32.1. The lowest BCUT2D eigenvalue weighted by atomic mass is 10.00. The number of carbonyl (C=O) groups is 2. The minimum Gasteiger partial charge on any atom is -0.390 e. The summed E-state index contributed by atoms with van der Waals surface area (Å²) in [6.07, 6.45) is 1.44. The molecule has 0 fully saturated rings. The summed E-state index contributed by atoms with van der Waals surface area (Å²) in [7, 11) is 1.72. The van der Waals surface area contributed by atoms with Crippen LogP contribution < -0.4 is 10.6 Å². The van der Waals surface area contributed by atoms with Crippen molar-refractivity contribution in [2.45, 2.75) is 71.8 Å². The molecule has 0 aliphatic heterocycles. The van der Waals surface area contributed by atoms with E-state index < -0.39 is 12.1 Å². The number of nitrogens with zero attached hydrogens (tertiary/aromatic N) is 4. The Morgan fingerprint density at radius 1 is 1.07 bits per heavy atom. The van der Waals surface area contributed by atoms with E-state index in [0.717, 1.165) is 27.5 Å². The number of aliphatic hydroxyl groups excluding tert-OH is 1. The summed E-state index contributed by atoms with van der Waals surface area (Å²) in [4.78, 5) is 32.6. The van der Waals surface area contributed by atoms with Gasteiger partial charge in [0.25, 0.3) is 11.8 Å². The minimum atomic E-state index is -0.861. The number of carbonyl (C=O) groups excluding carboxylic acids is 2. The van der Waals surface area contributed by atoms with E-state index in [9.17, 15) is 14.7 Å². The number of aliphatic hydroxyl groups is 1. The molecule has 2 atom stereocenters. The first-order valence-corrected chi connectivity index (χ1v) is 15.3. The highest BCUT2D eigenvalue weighted by molar-refractivity contribution is 7.09. The van der Waals surface area contributed by atoms with Gasteiger partial charge in [-0.25, -0.2) is 4.98 Å². The van der Waals surface area contributed by atoms with Gasteiger partial charge in [-0.05, 0) is 64.8 Å². The molecule has 4 rings (SSSR count). The van der Waals surface area contributed by atoms with Gasteiger partial charge in [-0.3, -0.25) is 14.3 Å². The molecule has 2 amide bonds. The van der Waals surface area contributed by atoms with Gasteiger partial charge in [0.2, 0.25) is 0 Å².